The normalized spacial score (nSPS) is 22.7. The summed E-state index contributed by atoms with van der Waals surface area (Å²) >= 11 is 0. The van der Waals surface area contributed by atoms with E-state index in [1.807, 2.05) is 12.1 Å². The van der Waals surface area contributed by atoms with Gasteiger partial charge in [-0.05, 0) is 37.8 Å². The van der Waals surface area contributed by atoms with Crippen molar-refractivity contribution >= 4 is 0 Å². The number of aliphatic hydroxyl groups is 1. The minimum absolute atomic E-state index is 0.0403. The van der Waals surface area contributed by atoms with Crippen molar-refractivity contribution in [3.05, 3.63) is 35.1 Å². The van der Waals surface area contributed by atoms with Gasteiger partial charge in [-0.3, -0.25) is 4.90 Å². The first-order valence-electron chi connectivity index (χ1n) is 7.72. The van der Waals surface area contributed by atoms with Crippen molar-refractivity contribution in [2.75, 3.05) is 13.2 Å². The summed E-state index contributed by atoms with van der Waals surface area (Å²) in [6.45, 7) is 6.23. The number of aliphatic hydroxyl groups excluding tert-OH is 1. The number of hydrogen-bond donors (Lipinski definition) is 1. The minimum atomic E-state index is -0.184. The molecule has 0 bridgehead atoms. The second-order valence-electron chi connectivity index (χ2n) is 6.04. The second-order valence-corrected chi connectivity index (χ2v) is 6.04. The summed E-state index contributed by atoms with van der Waals surface area (Å²) in [5.41, 5.74) is 1.41. The maximum Gasteiger partial charge on any atom is 0.128 e. The van der Waals surface area contributed by atoms with Gasteiger partial charge in [-0.2, -0.15) is 0 Å². The Bertz CT molecular complexity index is 532. The standard InChI is InChI=1S/C18H24FNO/c1-14-6-7-15(2)20(12-14)13-17-9-8-16(11-18(17)19)5-3-4-10-21/h8-9,11,14-15,21H,4,6-7,10,12-13H2,1-2H3. The number of nitrogens with zero attached hydrogens (tertiary/aromatic N) is 1. The predicted molar refractivity (Wildman–Crippen MR) is 83.3 cm³/mol. The first kappa shape index (κ1) is 16.0. The predicted octanol–water partition coefficient (Wildman–Crippen LogP) is 3.18. The maximum atomic E-state index is 14.2. The average molecular weight is 289 g/mol. The number of piperidine rings is 1. The van der Waals surface area contributed by atoms with E-state index in [9.17, 15) is 4.39 Å². The molecule has 0 aromatic heterocycles. The van der Waals surface area contributed by atoms with E-state index in [0.717, 1.165) is 12.1 Å². The monoisotopic (exact) mass is 289 g/mol. The van der Waals surface area contributed by atoms with Crippen LogP contribution in [0.4, 0.5) is 4.39 Å². The van der Waals surface area contributed by atoms with Crippen LogP contribution in [0.1, 0.15) is 44.2 Å². The van der Waals surface area contributed by atoms with Crippen LogP contribution in [0.25, 0.3) is 0 Å². The van der Waals surface area contributed by atoms with Gasteiger partial charge in [0.2, 0.25) is 0 Å². The van der Waals surface area contributed by atoms with E-state index in [1.54, 1.807) is 0 Å². The van der Waals surface area contributed by atoms with Crippen LogP contribution >= 0.6 is 0 Å². The Morgan fingerprint density at radius 1 is 1.33 bits per heavy atom. The first-order chi connectivity index (χ1) is 10.1. The number of likely N-dealkylation sites (tertiary alicyclic amines) is 1. The van der Waals surface area contributed by atoms with Gasteiger partial charge >= 0.3 is 0 Å². The highest BCUT2D eigenvalue weighted by Crippen LogP contribution is 2.24. The van der Waals surface area contributed by atoms with Gasteiger partial charge < -0.3 is 5.11 Å². The van der Waals surface area contributed by atoms with Crippen molar-refractivity contribution in [1.29, 1.82) is 0 Å². The molecule has 2 rings (SSSR count). The first-order valence-corrected chi connectivity index (χ1v) is 7.72. The largest absolute Gasteiger partial charge is 0.395 e. The van der Waals surface area contributed by atoms with Crippen LogP contribution in [-0.2, 0) is 6.54 Å². The van der Waals surface area contributed by atoms with Crippen LogP contribution in [0.3, 0.4) is 0 Å². The summed E-state index contributed by atoms with van der Waals surface area (Å²) in [5, 5.41) is 8.69. The third-order valence-electron chi connectivity index (χ3n) is 4.14. The summed E-state index contributed by atoms with van der Waals surface area (Å²) in [4.78, 5) is 2.36. The lowest BCUT2D eigenvalue weighted by atomic mass is 9.94. The van der Waals surface area contributed by atoms with Gasteiger partial charge in [-0.15, -0.1) is 0 Å². The van der Waals surface area contributed by atoms with Crippen LogP contribution in [-0.4, -0.2) is 29.2 Å². The van der Waals surface area contributed by atoms with E-state index in [2.05, 4.69) is 30.6 Å². The van der Waals surface area contributed by atoms with Crippen molar-refractivity contribution in [3.63, 3.8) is 0 Å². The summed E-state index contributed by atoms with van der Waals surface area (Å²) in [6, 6.07) is 5.72. The van der Waals surface area contributed by atoms with Crippen LogP contribution in [0.15, 0.2) is 18.2 Å². The van der Waals surface area contributed by atoms with Gasteiger partial charge in [0.1, 0.15) is 5.82 Å². The van der Waals surface area contributed by atoms with Gasteiger partial charge in [0, 0.05) is 36.7 Å². The van der Waals surface area contributed by atoms with Crippen LogP contribution in [0.2, 0.25) is 0 Å². The fourth-order valence-corrected chi connectivity index (χ4v) is 2.79. The Labute approximate surface area is 127 Å². The highest BCUT2D eigenvalue weighted by molar-refractivity contribution is 5.37. The summed E-state index contributed by atoms with van der Waals surface area (Å²) in [6.07, 6.45) is 2.87. The van der Waals surface area contributed by atoms with E-state index in [-0.39, 0.29) is 12.4 Å². The molecule has 1 aromatic rings. The molecule has 1 fully saturated rings. The topological polar surface area (TPSA) is 23.5 Å². The molecule has 2 nitrogen and oxygen atoms in total. The molecule has 21 heavy (non-hydrogen) atoms. The molecular formula is C18H24FNO. The minimum Gasteiger partial charge on any atom is -0.395 e. The second kappa shape index (κ2) is 7.59. The Balaban J connectivity index is 2.05. The molecule has 1 heterocycles. The number of benzene rings is 1. The number of halogens is 1. The van der Waals surface area contributed by atoms with Crippen molar-refractivity contribution in [2.45, 2.75) is 45.7 Å². The third-order valence-corrected chi connectivity index (χ3v) is 4.14. The molecule has 114 valence electrons. The molecule has 0 radical (unpaired) electrons. The molecule has 0 amide bonds. The summed E-state index contributed by atoms with van der Waals surface area (Å²) in [5.74, 6) is 6.19. The molecule has 2 unspecified atom stereocenters. The van der Waals surface area contributed by atoms with Gasteiger partial charge in [-0.25, -0.2) is 4.39 Å². The highest BCUT2D eigenvalue weighted by Gasteiger charge is 2.23. The van der Waals surface area contributed by atoms with Crippen molar-refractivity contribution in [2.24, 2.45) is 5.92 Å². The molecule has 0 spiro atoms. The van der Waals surface area contributed by atoms with Gasteiger partial charge in [-0.1, -0.05) is 24.8 Å². The Hall–Kier alpha value is -1.37. The zero-order valence-electron chi connectivity index (χ0n) is 12.9. The van der Waals surface area contributed by atoms with Crippen LogP contribution in [0, 0.1) is 23.6 Å². The molecule has 2 atom stereocenters. The Morgan fingerprint density at radius 2 is 2.14 bits per heavy atom. The van der Waals surface area contributed by atoms with Gasteiger partial charge in [0.05, 0.1) is 6.61 Å². The fourth-order valence-electron chi connectivity index (χ4n) is 2.79. The smallest absolute Gasteiger partial charge is 0.128 e. The molecule has 1 N–H and O–H groups in total. The van der Waals surface area contributed by atoms with Crippen LogP contribution < -0.4 is 0 Å². The molecular weight excluding hydrogens is 265 g/mol. The maximum absolute atomic E-state index is 14.2. The zero-order valence-corrected chi connectivity index (χ0v) is 12.9. The number of hydrogen-bond acceptors (Lipinski definition) is 2. The molecule has 1 aromatic carbocycles. The van der Waals surface area contributed by atoms with E-state index in [1.165, 1.54) is 18.9 Å². The number of rotatable bonds is 3. The summed E-state index contributed by atoms with van der Waals surface area (Å²) in [7, 11) is 0. The van der Waals surface area contributed by atoms with Crippen LogP contribution in [0.5, 0.6) is 0 Å². The van der Waals surface area contributed by atoms with E-state index in [4.69, 9.17) is 5.11 Å². The molecule has 0 aliphatic carbocycles. The quantitative estimate of drug-likeness (QED) is 0.864. The fraction of sp³-hybridized carbons (Fsp3) is 0.556. The molecule has 1 saturated heterocycles. The zero-order chi connectivity index (χ0) is 15.2. The lowest BCUT2D eigenvalue weighted by Gasteiger charge is -2.36. The van der Waals surface area contributed by atoms with Crippen molar-refractivity contribution in [1.82, 2.24) is 4.90 Å². The SMILES string of the molecule is CC1CCC(C)N(Cc2ccc(C#CCCO)cc2F)C1. The lowest BCUT2D eigenvalue weighted by molar-refractivity contribution is 0.116. The Kier molecular flexibility index (Phi) is 5.78. The molecule has 1 aliphatic rings. The third kappa shape index (κ3) is 4.56. The molecule has 3 heteroatoms. The summed E-state index contributed by atoms with van der Waals surface area (Å²) < 4.78 is 14.2. The van der Waals surface area contributed by atoms with Crippen molar-refractivity contribution in [3.8, 4) is 11.8 Å². The van der Waals surface area contributed by atoms with Crippen molar-refractivity contribution < 1.29 is 9.50 Å². The molecule has 0 saturated carbocycles. The highest BCUT2D eigenvalue weighted by atomic mass is 19.1. The van der Waals surface area contributed by atoms with E-state index >= 15 is 0 Å². The average Bonchev–Trinajstić information content (AvgIpc) is 2.46. The van der Waals surface area contributed by atoms with Gasteiger partial charge in [0.25, 0.3) is 0 Å². The van der Waals surface area contributed by atoms with E-state index < -0.39 is 0 Å². The van der Waals surface area contributed by atoms with Gasteiger partial charge in [0.15, 0.2) is 0 Å². The lowest BCUT2D eigenvalue weighted by Crippen LogP contribution is -2.40. The molecule has 1 aliphatic heterocycles. The van der Waals surface area contributed by atoms with E-state index in [0.29, 0.717) is 30.5 Å². The Morgan fingerprint density at radius 3 is 2.86 bits per heavy atom.